The highest BCUT2D eigenvalue weighted by molar-refractivity contribution is 7.10. The number of aliphatic carboxylic acids is 1. The van der Waals surface area contributed by atoms with Crippen molar-refractivity contribution in [3.8, 4) is 0 Å². The summed E-state index contributed by atoms with van der Waals surface area (Å²) in [6, 6.07) is 3.05. The molecular weight excluding hydrogens is 240 g/mol. The molecule has 0 fully saturated rings. The number of rotatable bonds is 5. The van der Waals surface area contributed by atoms with Crippen LogP contribution in [0.2, 0.25) is 0 Å². The highest BCUT2D eigenvalue weighted by Crippen LogP contribution is 2.17. The van der Waals surface area contributed by atoms with Crippen LogP contribution in [0.25, 0.3) is 0 Å². The average Bonchev–Trinajstić information content (AvgIpc) is 2.67. The van der Waals surface area contributed by atoms with Crippen molar-refractivity contribution in [1.82, 2.24) is 10.6 Å². The summed E-state index contributed by atoms with van der Waals surface area (Å²) in [6.45, 7) is 3.54. The molecule has 6 heteroatoms. The van der Waals surface area contributed by atoms with Crippen LogP contribution in [-0.4, -0.2) is 23.1 Å². The van der Waals surface area contributed by atoms with E-state index in [9.17, 15) is 9.59 Å². The number of amides is 2. The van der Waals surface area contributed by atoms with Crippen molar-refractivity contribution >= 4 is 23.3 Å². The summed E-state index contributed by atoms with van der Waals surface area (Å²) < 4.78 is 0. The van der Waals surface area contributed by atoms with Crippen LogP contribution >= 0.6 is 11.3 Å². The summed E-state index contributed by atoms with van der Waals surface area (Å²) >= 11 is 1.57. The van der Waals surface area contributed by atoms with Gasteiger partial charge in [0.25, 0.3) is 0 Å². The first-order chi connectivity index (χ1) is 7.99. The topological polar surface area (TPSA) is 78.4 Å². The van der Waals surface area contributed by atoms with E-state index in [0.717, 1.165) is 4.88 Å². The van der Waals surface area contributed by atoms with Gasteiger partial charge in [-0.25, -0.2) is 4.79 Å². The van der Waals surface area contributed by atoms with Crippen LogP contribution in [-0.2, 0) is 4.79 Å². The normalized spacial score (nSPS) is 13.8. The van der Waals surface area contributed by atoms with Crippen LogP contribution in [0.1, 0.15) is 31.2 Å². The van der Waals surface area contributed by atoms with E-state index in [2.05, 4.69) is 10.6 Å². The summed E-state index contributed by atoms with van der Waals surface area (Å²) in [5.74, 6) is -0.927. The molecule has 0 aliphatic heterocycles. The summed E-state index contributed by atoms with van der Waals surface area (Å²) in [7, 11) is 0. The Morgan fingerprint density at radius 1 is 1.41 bits per heavy atom. The van der Waals surface area contributed by atoms with Crippen LogP contribution in [0.4, 0.5) is 4.79 Å². The van der Waals surface area contributed by atoms with Gasteiger partial charge in [0.2, 0.25) is 0 Å². The molecular formula is C11H16N2O3S. The fourth-order valence-electron chi connectivity index (χ4n) is 1.38. The molecule has 1 aromatic rings. The van der Waals surface area contributed by atoms with Gasteiger partial charge in [-0.05, 0) is 25.3 Å². The second kappa shape index (κ2) is 6.24. The molecule has 0 aromatic carbocycles. The molecule has 2 unspecified atom stereocenters. The zero-order chi connectivity index (χ0) is 12.8. The predicted octanol–water partition coefficient (Wildman–Crippen LogP) is 1.97. The van der Waals surface area contributed by atoms with E-state index in [-0.39, 0.29) is 24.5 Å². The molecule has 1 aromatic heterocycles. The Morgan fingerprint density at radius 3 is 2.65 bits per heavy atom. The molecule has 0 saturated carbocycles. The van der Waals surface area contributed by atoms with E-state index in [1.165, 1.54) is 0 Å². The number of carboxylic acid groups (broad SMARTS) is 1. The lowest BCUT2D eigenvalue weighted by Crippen LogP contribution is -2.42. The van der Waals surface area contributed by atoms with Crippen LogP contribution in [0.3, 0.4) is 0 Å². The van der Waals surface area contributed by atoms with E-state index in [0.29, 0.717) is 0 Å². The van der Waals surface area contributed by atoms with Crippen molar-refractivity contribution in [3.05, 3.63) is 22.4 Å². The van der Waals surface area contributed by atoms with Crippen LogP contribution in [0, 0.1) is 0 Å². The molecule has 0 aliphatic carbocycles. The number of urea groups is 1. The smallest absolute Gasteiger partial charge is 0.315 e. The molecule has 0 saturated heterocycles. The molecule has 17 heavy (non-hydrogen) atoms. The SMILES string of the molecule is CC(CC(=O)O)NC(=O)NC(C)c1cccs1. The van der Waals surface area contributed by atoms with E-state index < -0.39 is 5.97 Å². The second-order valence-electron chi connectivity index (χ2n) is 3.85. The monoisotopic (exact) mass is 256 g/mol. The van der Waals surface area contributed by atoms with E-state index in [4.69, 9.17) is 5.11 Å². The van der Waals surface area contributed by atoms with Gasteiger partial charge in [0.05, 0.1) is 12.5 Å². The molecule has 0 bridgehead atoms. The Kier molecular flexibility index (Phi) is 4.96. The predicted molar refractivity (Wildman–Crippen MR) is 66.1 cm³/mol. The van der Waals surface area contributed by atoms with Crippen molar-refractivity contribution in [2.24, 2.45) is 0 Å². The molecule has 3 N–H and O–H groups in total. The maximum atomic E-state index is 11.5. The zero-order valence-corrected chi connectivity index (χ0v) is 10.6. The molecule has 1 rings (SSSR count). The van der Waals surface area contributed by atoms with Gasteiger partial charge in [0, 0.05) is 10.9 Å². The van der Waals surface area contributed by atoms with Crippen LogP contribution in [0.5, 0.6) is 0 Å². The minimum absolute atomic E-state index is 0.0768. The highest BCUT2D eigenvalue weighted by Gasteiger charge is 2.13. The number of nitrogens with one attached hydrogen (secondary N) is 2. The molecule has 94 valence electrons. The molecule has 2 amide bonds. The third-order valence-electron chi connectivity index (χ3n) is 2.18. The minimum atomic E-state index is -0.927. The van der Waals surface area contributed by atoms with Gasteiger partial charge in [-0.1, -0.05) is 6.07 Å². The molecule has 0 radical (unpaired) electrons. The lowest BCUT2D eigenvalue weighted by molar-refractivity contribution is -0.137. The molecule has 1 heterocycles. The van der Waals surface area contributed by atoms with Crippen molar-refractivity contribution < 1.29 is 14.7 Å². The van der Waals surface area contributed by atoms with Crippen molar-refractivity contribution in [3.63, 3.8) is 0 Å². The number of carbonyl (C=O) groups excluding carboxylic acids is 1. The molecule has 0 spiro atoms. The van der Waals surface area contributed by atoms with Gasteiger partial charge in [-0.2, -0.15) is 0 Å². The van der Waals surface area contributed by atoms with Crippen LogP contribution in [0.15, 0.2) is 17.5 Å². The Morgan fingerprint density at radius 2 is 2.12 bits per heavy atom. The first-order valence-electron chi connectivity index (χ1n) is 5.31. The third kappa shape index (κ3) is 4.86. The van der Waals surface area contributed by atoms with Gasteiger partial charge in [0.15, 0.2) is 0 Å². The maximum absolute atomic E-state index is 11.5. The summed E-state index contributed by atoms with van der Waals surface area (Å²) in [6.07, 6.45) is -0.0825. The first-order valence-corrected chi connectivity index (χ1v) is 6.19. The Hall–Kier alpha value is -1.56. The van der Waals surface area contributed by atoms with Crippen molar-refractivity contribution in [2.75, 3.05) is 0 Å². The fraction of sp³-hybridized carbons (Fsp3) is 0.455. The number of carboxylic acids is 1. The average molecular weight is 256 g/mol. The summed E-state index contributed by atoms with van der Waals surface area (Å²) in [5.41, 5.74) is 0. The van der Waals surface area contributed by atoms with Crippen LogP contribution < -0.4 is 10.6 Å². The lowest BCUT2D eigenvalue weighted by Gasteiger charge is -2.16. The standard InChI is InChI=1S/C11H16N2O3S/c1-7(6-10(14)15)12-11(16)13-8(2)9-4-3-5-17-9/h3-5,7-8H,6H2,1-2H3,(H,14,15)(H2,12,13,16). The summed E-state index contributed by atoms with van der Waals surface area (Å²) in [5, 5.41) is 15.8. The number of hydrogen-bond donors (Lipinski definition) is 3. The molecule has 0 aliphatic rings. The van der Waals surface area contributed by atoms with Crippen molar-refractivity contribution in [2.45, 2.75) is 32.4 Å². The van der Waals surface area contributed by atoms with Gasteiger partial charge in [-0.15, -0.1) is 11.3 Å². The Balaban J connectivity index is 2.37. The quantitative estimate of drug-likeness (QED) is 0.753. The molecule has 5 nitrogen and oxygen atoms in total. The number of carbonyl (C=O) groups is 2. The lowest BCUT2D eigenvalue weighted by atomic mass is 10.2. The van der Waals surface area contributed by atoms with E-state index in [1.807, 2.05) is 24.4 Å². The third-order valence-corrected chi connectivity index (χ3v) is 3.23. The first kappa shape index (κ1) is 13.5. The number of thiophene rings is 1. The fourth-order valence-corrected chi connectivity index (χ4v) is 2.12. The van der Waals surface area contributed by atoms with Gasteiger partial charge in [-0.3, -0.25) is 4.79 Å². The van der Waals surface area contributed by atoms with Gasteiger partial charge < -0.3 is 15.7 Å². The Labute approximate surface area is 104 Å². The summed E-state index contributed by atoms with van der Waals surface area (Å²) in [4.78, 5) is 23.0. The van der Waals surface area contributed by atoms with Gasteiger partial charge in [0.1, 0.15) is 0 Å². The molecule has 2 atom stereocenters. The zero-order valence-electron chi connectivity index (χ0n) is 9.77. The van der Waals surface area contributed by atoms with E-state index in [1.54, 1.807) is 18.3 Å². The van der Waals surface area contributed by atoms with Crippen molar-refractivity contribution in [1.29, 1.82) is 0 Å². The Bertz CT molecular complexity index is 378. The van der Waals surface area contributed by atoms with Gasteiger partial charge >= 0.3 is 12.0 Å². The maximum Gasteiger partial charge on any atom is 0.315 e. The second-order valence-corrected chi connectivity index (χ2v) is 4.83. The number of hydrogen-bond acceptors (Lipinski definition) is 3. The highest BCUT2D eigenvalue weighted by atomic mass is 32.1. The largest absolute Gasteiger partial charge is 0.481 e. The van der Waals surface area contributed by atoms with E-state index >= 15 is 0 Å². The minimum Gasteiger partial charge on any atom is -0.481 e.